The van der Waals surface area contributed by atoms with Crippen molar-refractivity contribution in [3.63, 3.8) is 0 Å². The lowest BCUT2D eigenvalue weighted by molar-refractivity contribution is -0.130. The maximum absolute atomic E-state index is 12.6. The maximum Gasteiger partial charge on any atom is 0.223 e. The van der Waals surface area contributed by atoms with E-state index in [2.05, 4.69) is 6.92 Å². The monoisotopic (exact) mass is 418 g/mol. The molecular formula is C18H27ClN2O5S. The van der Waals surface area contributed by atoms with Gasteiger partial charge in [-0.15, -0.1) is 12.4 Å². The number of benzene rings is 1. The van der Waals surface area contributed by atoms with Gasteiger partial charge < -0.3 is 20.1 Å². The first-order valence-corrected chi connectivity index (χ1v) is 10.6. The number of sulfone groups is 1. The molecule has 2 aliphatic rings. The highest BCUT2D eigenvalue weighted by Gasteiger charge is 2.35. The molecule has 7 nitrogen and oxygen atoms in total. The molecule has 0 saturated carbocycles. The zero-order valence-corrected chi connectivity index (χ0v) is 17.1. The summed E-state index contributed by atoms with van der Waals surface area (Å²) in [6.07, 6.45) is 1.57. The molecule has 1 saturated heterocycles. The normalized spacial score (nSPS) is 22.1. The number of halogens is 1. The average molecular weight is 419 g/mol. The number of amides is 1. The van der Waals surface area contributed by atoms with E-state index in [1.807, 2.05) is 0 Å². The lowest BCUT2D eigenvalue weighted by atomic mass is 9.90. The summed E-state index contributed by atoms with van der Waals surface area (Å²) in [6.45, 7) is 4.83. The zero-order chi connectivity index (χ0) is 18.8. The number of nitrogens with two attached hydrogens (primary N) is 1. The fourth-order valence-electron chi connectivity index (χ4n) is 3.24. The summed E-state index contributed by atoms with van der Waals surface area (Å²) in [5, 5.41) is 0. The number of hydrogen-bond acceptors (Lipinski definition) is 6. The molecule has 27 heavy (non-hydrogen) atoms. The second kappa shape index (κ2) is 8.67. The van der Waals surface area contributed by atoms with Crippen molar-refractivity contribution >= 4 is 28.2 Å². The SMILES string of the molecule is CC1(CN)CCN(C(=O)CCS(=O)(=O)c2ccc3c(c2)OCCCO3)C1.Cl. The highest BCUT2D eigenvalue weighted by Crippen LogP contribution is 2.33. The second-order valence-corrected chi connectivity index (χ2v) is 9.42. The standard InChI is InChI=1S/C18H26N2O5S.ClH/c1-18(12-19)6-7-20(13-18)17(21)5-10-26(22,23)14-3-4-15-16(11-14)25-9-2-8-24-15;/h3-4,11H,2,5-10,12-13,19H2,1H3;1H. The molecule has 1 fully saturated rings. The number of rotatable bonds is 5. The Hall–Kier alpha value is -1.51. The summed E-state index contributed by atoms with van der Waals surface area (Å²) >= 11 is 0. The number of ether oxygens (including phenoxy) is 2. The summed E-state index contributed by atoms with van der Waals surface area (Å²) in [5.41, 5.74) is 5.69. The Morgan fingerprint density at radius 3 is 2.63 bits per heavy atom. The second-order valence-electron chi connectivity index (χ2n) is 7.31. The number of carbonyl (C=O) groups is 1. The molecule has 2 heterocycles. The summed E-state index contributed by atoms with van der Waals surface area (Å²) in [4.78, 5) is 14.3. The van der Waals surface area contributed by atoms with Crippen molar-refractivity contribution in [3.05, 3.63) is 18.2 Å². The molecule has 9 heteroatoms. The Kier molecular flexibility index (Phi) is 6.99. The molecule has 0 aromatic heterocycles. The molecule has 3 rings (SSSR count). The zero-order valence-electron chi connectivity index (χ0n) is 15.5. The molecule has 2 aliphatic heterocycles. The largest absolute Gasteiger partial charge is 0.490 e. The number of fused-ring (bicyclic) bond motifs is 1. The number of hydrogen-bond donors (Lipinski definition) is 1. The molecule has 0 aliphatic carbocycles. The number of carbonyl (C=O) groups excluding carboxylic acids is 1. The van der Waals surface area contributed by atoms with Crippen LogP contribution in [0.1, 0.15) is 26.2 Å². The van der Waals surface area contributed by atoms with Gasteiger partial charge >= 0.3 is 0 Å². The molecule has 1 amide bonds. The molecule has 0 spiro atoms. The van der Waals surface area contributed by atoms with Crippen molar-refractivity contribution in [2.45, 2.75) is 31.1 Å². The predicted octanol–water partition coefficient (Wildman–Crippen LogP) is 1.63. The van der Waals surface area contributed by atoms with Crippen LogP contribution in [0.15, 0.2) is 23.1 Å². The van der Waals surface area contributed by atoms with Crippen molar-refractivity contribution in [2.75, 3.05) is 38.6 Å². The van der Waals surface area contributed by atoms with Crippen LogP contribution < -0.4 is 15.2 Å². The fourth-order valence-corrected chi connectivity index (χ4v) is 4.48. The van der Waals surface area contributed by atoms with Crippen molar-refractivity contribution in [1.82, 2.24) is 4.90 Å². The van der Waals surface area contributed by atoms with Crippen molar-refractivity contribution in [2.24, 2.45) is 11.1 Å². The van der Waals surface area contributed by atoms with Crippen molar-refractivity contribution < 1.29 is 22.7 Å². The smallest absolute Gasteiger partial charge is 0.223 e. The number of nitrogens with zero attached hydrogens (tertiary/aromatic N) is 1. The Morgan fingerprint density at radius 1 is 1.26 bits per heavy atom. The Labute approximate surface area is 166 Å². The van der Waals surface area contributed by atoms with Crippen LogP contribution in [0.5, 0.6) is 11.5 Å². The van der Waals surface area contributed by atoms with Crippen LogP contribution in [0.3, 0.4) is 0 Å². The Bertz CT molecular complexity index is 786. The van der Waals surface area contributed by atoms with Gasteiger partial charge in [-0.3, -0.25) is 4.79 Å². The highest BCUT2D eigenvalue weighted by molar-refractivity contribution is 7.91. The van der Waals surface area contributed by atoms with Crippen LogP contribution in [0.4, 0.5) is 0 Å². The van der Waals surface area contributed by atoms with Gasteiger partial charge in [0.15, 0.2) is 21.3 Å². The lowest BCUT2D eigenvalue weighted by Gasteiger charge is -2.22. The molecule has 2 N–H and O–H groups in total. The third-order valence-electron chi connectivity index (χ3n) is 5.07. The quantitative estimate of drug-likeness (QED) is 0.780. The van der Waals surface area contributed by atoms with Crippen LogP contribution >= 0.6 is 12.4 Å². The van der Waals surface area contributed by atoms with Crippen molar-refractivity contribution in [3.8, 4) is 11.5 Å². The van der Waals surface area contributed by atoms with E-state index >= 15 is 0 Å². The fraction of sp³-hybridized carbons (Fsp3) is 0.611. The van der Waals surface area contributed by atoms with Gasteiger partial charge in [-0.1, -0.05) is 6.92 Å². The first-order chi connectivity index (χ1) is 12.3. The van der Waals surface area contributed by atoms with Gasteiger partial charge in [0.25, 0.3) is 0 Å². The average Bonchev–Trinajstić information content (AvgIpc) is 2.88. The van der Waals surface area contributed by atoms with Crippen LogP contribution in [0.25, 0.3) is 0 Å². The minimum Gasteiger partial charge on any atom is -0.490 e. The van der Waals surface area contributed by atoms with Gasteiger partial charge in [0, 0.05) is 32.0 Å². The maximum atomic E-state index is 12.6. The van der Waals surface area contributed by atoms with Gasteiger partial charge in [-0.2, -0.15) is 0 Å². The van der Waals surface area contributed by atoms with E-state index in [1.165, 1.54) is 12.1 Å². The molecule has 152 valence electrons. The number of likely N-dealkylation sites (tertiary alicyclic amines) is 1. The summed E-state index contributed by atoms with van der Waals surface area (Å²) < 4.78 is 36.3. The third-order valence-corrected chi connectivity index (χ3v) is 6.78. The molecule has 1 unspecified atom stereocenters. The molecular weight excluding hydrogens is 392 g/mol. The van der Waals surface area contributed by atoms with E-state index in [0.717, 1.165) is 12.8 Å². The lowest BCUT2D eigenvalue weighted by Crippen LogP contribution is -2.35. The van der Waals surface area contributed by atoms with Gasteiger partial charge in [0.05, 0.1) is 23.9 Å². The minimum absolute atomic E-state index is 0. The summed E-state index contributed by atoms with van der Waals surface area (Å²) in [6, 6.07) is 4.61. The van der Waals surface area contributed by atoms with Crippen molar-refractivity contribution in [1.29, 1.82) is 0 Å². The molecule has 1 atom stereocenters. The predicted molar refractivity (Wildman–Crippen MR) is 104 cm³/mol. The van der Waals surface area contributed by atoms with Gasteiger partial charge in [-0.25, -0.2) is 8.42 Å². The van der Waals surface area contributed by atoms with Gasteiger partial charge in [-0.05, 0) is 30.5 Å². The van der Waals surface area contributed by atoms with Crippen LogP contribution in [-0.2, 0) is 14.6 Å². The molecule has 0 radical (unpaired) electrons. The van der Waals surface area contributed by atoms with E-state index in [1.54, 1.807) is 11.0 Å². The van der Waals surface area contributed by atoms with E-state index in [9.17, 15) is 13.2 Å². The van der Waals surface area contributed by atoms with Gasteiger partial charge in [0.1, 0.15) is 0 Å². The Balaban J connectivity index is 0.00000261. The summed E-state index contributed by atoms with van der Waals surface area (Å²) in [7, 11) is -3.57. The van der Waals surface area contributed by atoms with E-state index in [4.69, 9.17) is 15.2 Å². The molecule has 0 bridgehead atoms. The van der Waals surface area contributed by atoms with E-state index < -0.39 is 9.84 Å². The van der Waals surface area contributed by atoms with Gasteiger partial charge in [0.2, 0.25) is 5.91 Å². The molecule has 1 aromatic carbocycles. The van der Waals surface area contributed by atoms with E-state index in [-0.39, 0.29) is 40.8 Å². The molecule has 1 aromatic rings. The first kappa shape index (κ1) is 21.8. The highest BCUT2D eigenvalue weighted by atomic mass is 35.5. The topological polar surface area (TPSA) is 98.9 Å². The minimum atomic E-state index is -3.57. The Morgan fingerprint density at radius 2 is 1.96 bits per heavy atom. The van der Waals surface area contributed by atoms with Crippen LogP contribution in [-0.4, -0.2) is 57.8 Å². The van der Waals surface area contributed by atoms with E-state index in [0.29, 0.717) is 44.3 Å². The van der Waals surface area contributed by atoms with Crippen LogP contribution in [0.2, 0.25) is 0 Å². The first-order valence-electron chi connectivity index (χ1n) is 8.93. The van der Waals surface area contributed by atoms with Crippen LogP contribution in [0, 0.1) is 5.41 Å². The summed E-state index contributed by atoms with van der Waals surface area (Å²) in [5.74, 6) is 0.630. The third kappa shape index (κ3) is 5.06.